The number of rotatable bonds is 0. The predicted molar refractivity (Wildman–Crippen MR) is 16.4 cm³/mol. The average molecular weight is 182 g/mol. The van der Waals surface area contributed by atoms with Gasteiger partial charge in [-0.25, -0.2) is 9.59 Å². The van der Waals surface area contributed by atoms with Crippen LogP contribution in [0.5, 0.6) is 0 Å². The van der Waals surface area contributed by atoms with E-state index in [1.807, 2.05) is 0 Å². The number of hydrogen-bond acceptors (Lipinski definition) is 2. The molecule has 0 heterocycles. The van der Waals surface area contributed by atoms with E-state index < -0.39 is 11.9 Å². The molecule has 0 saturated heterocycles. The molecule has 8 heavy (non-hydrogen) atoms. The summed E-state index contributed by atoms with van der Waals surface area (Å²) in [6, 6.07) is 0. The van der Waals surface area contributed by atoms with Crippen LogP contribution in [0.4, 0.5) is 0 Å². The fraction of sp³-hybridized carbons (Fsp3) is 0. The third-order valence-corrected chi connectivity index (χ3v) is 0.183. The molecule has 0 unspecified atom stereocenters. The van der Waals surface area contributed by atoms with Crippen LogP contribution >= 0.6 is 0 Å². The van der Waals surface area contributed by atoms with Crippen LogP contribution in [-0.4, -0.2) is 22.2 Å². The fourth-order valence-corrected chi connectivity index (χ4v) is 0. The Kier molecular flexibility index (Phi) is 16.3. The molecule has 0 bridgehead atoms. The van der Waals surface area contributed by atoms with Gasteiger partial charge in [0.05, 0.1) is 0 Å². The quantitative estimate of drug-likeness (QED) is 0.298. The first-order valence-electron chi connectivity index (χ1n) is 1.11. The van der Waals surface area contributed by atoms with E-state index in [1.165, 1.54) is 0 Å². The number of aliphatic carboxylic acids is 2. The molecule has 0 aliphatic carbocycles. The van der Waals surface area contributed by atoms with Gasteiger partial charge in [-0.05, 0) is 0 Å². The van der Waals surface area contributed by atoms with Gasteiger partial charge in [0, 0.05) is 17.4 Å². The van der Waals surface area contributed by atoms with Gasteiger partial charge in [0.15, 0.2) is 0 Å². The number of carboxylic acids is 2. The van der Waals surface area contributed by atoms with E-state index >= 15 is 0 Å². The first-order valence-corrected chi connectivity index (χ1v) is 1.11. The Bertz CT molecular complexity index is 84.6. The molecule has 0 aromatic rings. The van der Waals surface area contributed by atoms with E-state index in [0.29, 0.717) is 0 Å². The van der Waals surface area contributed by atoms with Gasteiger partial charge in [-0.3, -0.25) is 0 Å². The summed E-state index contributed by atoms with van der Waals surface area (Å²) < 4.78 is 0. The van der Waals surface area contributed by atoms with Crippen LogP contribution in [0, 0.1) is 0 Å². The van der Waals surface area contributed by atoms with Crippen LogP contribution in [0.25, 0.3) is 0 Å². The number of hydrogen-bond donors (Lipinski definition) is 2. The monoisotopic (exact) mass is 182 g/mol. The largest absolute Gasteiger partial charge is 1.00 e. The minimum absolute atomic E-state index is 0. The minimum atomic E-state index is -1.82. The first-order chi connectivity index (χ1) is 2.64. The third kappa shape index (κ3) is 10.2. The Morgan fingerprint density at radius 1 is 1.12 bits per heavy atom. The van der Waals surface area contributed by atoms with Crippen molar-refractivity contribution in [1.29, 1.82) is 0 Å². The Hall–Kier alpha value is 1.11. The van der Waals surface area contributed by atoms with Crippen molar-refractivity contribution in [3.63, 3.8) is 0 Å². The van der Waals surface area contributed by atoms with Crippen molar-refractivity contribution in [3.05, 3.63) is 0 Å². The molecular formula is C2H3CrKO4. The van der Waals surface area contributed by atoms with Gasteiger partial charge in [0.25, 0.3) is 0 Å². The normalized spacial score (nSPS) is 5.50. The Morgan fingerprint density at radius 2 is 1.25 bits per heavy atom. The zero-order valence-corrected chi connectivity index (χ0v) is 8.52. The maximum absolute atomic E-state index is 9.10. The molecule has 0 aromatic heterocycles. The third-order valence-electron chi connectivity index (χ3n) is 0.183. The van der Waals surface area contributed by atoms with Crippen LogP contribution in [0.1, 0.15) is 1.43 Å². The van der Waals surface area contributed by atoms with Crippen LogP contribution in [0.15, 0.2) is 0 Å². The molecule has 0 aliphatic rings. The van der Waals surface area contributed by atoms with Gasteiger partial charge >= 0.3 is 63.3 Å². The zero-order valence-electron chi connectivity index (χ0n) is 5.12. The van der Waals surface area contributed by atoms with Crippen molar-refractivity contribution < 1.29 is 90.0 Å². The van der Waals surface area contributed by atoms with Crippen LogP contribution in [0.2, 0.25) is 0 Å². The molecule has 0 rings (SSSR count). The first kappa shape index (κ1) is 16.0. The Balaban J connectivity index is -0.0000000417. The van der Waals surface area contributed by atoms with Crippen LogP contribution in [0.3, 0.4) is 0 Å². The summed E-state index contributed by atoms with van der Waals surface area (Å²) in [7, 11) is 0. The summed E-state index contributed by atoms with van der Waals surface area (Å²) in [5.41, 5.74) is 0. The van der Waals surface area contributed by atoms with Gasteiger partial charge < -0.3 is 11.6 Å². The SMILES string of the molecule is O=C(O)C(=O)O.[Cr].[H-].[K+]. The van der Waals surface area contributed by atoms with Crippen molar-refractivity contribution in [1.82, 2.24) is 0 Å². The second kappa shape index (κ2) is 8.11. The van der Waals surface area contributed by atoms with E-state index in [2.05, 4.69) is 0 Å². The molecule has 0 fully saturated rings. The summed E-state index contributed by atoms with van der Waals surface area (Å²) in [5.74, 6) is -3.65. The Labute approximate surface area is 100 Å². The molecule has 2 N–H and O–H groups in total. The van der Waals surface area contributed by atoms with Crippen molar-refractivity contribution in [2.24, 2.45) is 0 Å². The van der Waals surface area contributed by atoms with Crippen molar-refractivity contribution in [2.75, 3.05) is 0 Å². The molecule has 0 radical (unpaired) electrons. The van der Waals surface area contributed by atoms with Gasteiger partial charge in [-0.1, -0.05) is 0 Å². The van der Waals surface area contributed by atoms with Gasteiger partial charge in [-0.15, -0.1) is 0 Å². The molecule has 0 saturated carbocycles. The summed E-state index contributed by atoms with van der Waals surface area (Å²) in [6.45, 7) is 0. The second-order valence-electron chi connectivity index (χ2n) is 0.610. The summed E-state index contributed by atoms with van der Waals surface area (Å²) in [4.78, 5) is 18.2. The molecule has 42 valence electrons. The molecular weight excluding hydrogens is 179 g/mol. The minimum Gasteiger partial charge on any atom is -1.00 e. The topological polar surface area (TPSA) is 74.6 Å². The summed E-state index contributed by atoms with van der Waals surface area (Å²) >= 11 is 0. The molecule has 0 aliphatic heterocycles. The predicted octanol–water partition coefficient (Wildman–Crippen LogP) is -3.73. The van der Waals surface area contributed by atoms with E-state index in [1.54, 1.807) is 0 Å². The fourth-order valence-electron chi connectivity index (χ4n) is 0. The van der Waals surface area contributed by atoms with Crippen molar-refractivity contribution in [3.8, 4) is 0 Å². The standard InChI is InChI=1S/C2H2O4.Cr.K.H/c3-1(4)2(5)6;;;/h(H,3,4)(H,5,6);;;/q;;+1;-1. The van der Waals surface area contributed by atoms with E-state index in [9.17, 15) is 0 Å². The molecule has 4 nitrogen and oxygen atoms in total. The van der Waals surface area contributed by atoms with Gasteiger partial charge in [-0.2, -0.15) is 0 Å². The van der Waals surface area contributed by atoms with Gasteiger partial charge in [0.1, 0.15) is 0 Å². The van der Waals surface area contributed by atoms with Crippen molar-refractivity contribution >= 4 is 11.9 Å². The smallest absolute Gasteiger partial charge is 1.00 e. The molecule has 6 heteroatoms. The van der Waals surface area contributed by atoms with Crippen LogP contribution < -0.4 is 51.4 Å². The summed E-state index contributed by atoms with van der Waals surface area (Å²) in [6.07, 6.45) is 0. The molecule has 0 amide bonds. The zero-order chi connectivity index (χ0) is 5.15. The van der Waals surface area contributed by atoms with Crippen LogP contribution in [-0.2, 0) is 27.0 Å². The number of carbonyl (C=O) groups is 2. The van der Waals surface area contributed by atoms with Gasteiger partial charge in [0.2, 0.25) is 0 Å². The average Bonchev–Trinajstić information content (AvgIpc) is 1.36. The Morgan fingerprint density at radius 3 is 1.25 bits per heavy atom. The van der Waals surface area contributed by atoms with E-state index in [0.717, 1.165) is 0 Å². The second-order valence-corrected chi connectivity index (χ2v) is 0.610. The molecule has 0 atom stereocenters. The number of carboxylic acid groups (broad SMARTS) is 2. The summed E-state index contributed by atoms with van der Waals surface area (Å²) in [5, 5.41) is 14.8. The molecule has 0 aromatic carbocycles. The molecule has 0 spiro atoms. The van der Waals surface area contributed by atoms with Crippen molar-refractivity contribution in [2.45, 2.75) is 0 Å². The van der Waals surface area contributed by atoms with E-state index in [-0.39, 0.29) is 70.2 Å². The maximum Gasteiger partial charge on any atom is 1.00 e. The van der Waals surface area contributed by atoms with E-state index in [4.69, 9.17) is 19.8 Å². The maximum atomic E-state index is 9.10.